The van der Waals surface area contributed by atoms with Crippen molar-refractivity contribution in [2.45, 2.75) is 5.38 Å². The van der Waals surface area contributed by atoms with Gasteiger partial charge in [0.2, 0.25) is 0 Å². The van der Waals surface area contributed by atoms with Crippen molar-refractivity contribution in [1.82, 2.24) is 9.97 Å². The molecule has 2 nitrogen and oxygen atoms in total. The van der Waals surface area contributed by atoms with E-state index in [1.54, 1.807) is 18.5 Å². The summed E-state index contributed by atoms with van der Waals surface area (Å²) in [7, 11) is 0. The Morgan fingerprint density at radius 2 is 1.57 bits per heavy atom. The highest BCUT2D eigenvalue weighted by Crippen LogP contribution is 2.24. The Labute approximate surface area is 87.6 Å². The van der Waals surface area contributed by atoms with E-state index >= 15 is 0 Å². The van der Waals surface area contributed by atoms with Crippen molar-refractivity contribution in [3.8, 4) is 0 Å². The zero-order chi connectivity index (χ0) is 9.80. The van der Waals surface area contributed by atoms with Crippen LogP contribution < -0.4 is 0 Å². The molecule has 0 saturated heterocycles. The molecule has 1 heterocycles. The summed E-state index contributed by atoms with van der Waals surface area (Å²) in [5, 5.41) is -0.266. The van der Waals surface area contributed by atoms with Gasteiger partial charge in [0.1, 0.15) is 11.2 Å². The third-order valence-corrected chi connectivity index (χ3v) is 2.35. The highest BCUT2D eigenvalue weighted by molar-refractivity contribution is 6.22. The van der Waals surface area contributed by atoms with Crippen molar-refractivity contribution in [2.24, 2.45) is 0 Å². The van der Waals surface area contributed by atoms with Gasteiger partial charge in [0.05, 0.1) is 0 Å². The van der Waals surface area contributed by atoms with Gasteiger partial charge < -0.3 is 0 Å². The van der Waals surface area contributed by atoms with E-state index in [1.165, 1.54) is 0 Å². The molecule has 0 saturated carbocycles. The number of halogens is 1. The van der Waals surface area contributed by atoms with Gasteiger partial charge in [-0.1, -0.05) is 30.3 Å². The van der Waals surface area contributed by atoms with E-state index < -0.39 is 0 Å². The van der Waals surface area contributed by atoms with E-state index in [2.05, 4.69) is 9.97 Å². The molecule has 0 radical (unpaired) electrons. The molecule has 3 heteroatoms. The second-order valence-electron chi connectivity index (χ2n) is 2.88. The zero-order valence-corrected chi connectivity index (χ0v) is 8.22. The molecule has 14 heavy (non-hydrogen) atoms. The fourth-order valence-electron chi connectivity index (χ4n) is 1.21. The molecule has 2 aromatic rings. The van der Waals surface area contributed by atoms with Gasteiger partial charge in [-0.2, -0.15) is 0 Å². The lowest BCUT2D eigenvalue weighted by atomic mass is 10.1. The molecule has 0 bridgehead atoms. The van der Waals surface area contributed by atoms with E-state index in [9.17, 15) is 0 Å². The lowest BCUT2D eigenvalue weighted by Crippen LogP contribution is -1.98. The third-order valence-electron chi connectivity index (χ3n) is 1.90. The molecule has 1 aromatic heterocycles. The predicted molar refractivity (Wildman–Crippen MR) is 56.2 cm³/mol. The van der Waals surface area contributed by atoms with Crippen molar-refractivity contribution < 1.29 is 0 Å². The largest absolute Gasteiger partial charge is 0.239 e. The Kier molecular flexibility index (Phi) is 2.75. The zero-order valence-electron chi connectivity index (χ0n) is 7.47. The van der Waals surface area contributed by atoms with Crippen LogP contribution in [-0.4, -0.2) is 9.97 Å². The van der Waals surface area contributed by atoms with Crippen LogP contribution in [0.25, 0.3) is 0 Å². The predicted octanol–water partition coefficient (Wildman–Crippen LogP) is 2.80. The summed E-state index contributed by atoms with van der Waals surface area (Å²) in [5.41, 5.74) is 1.01. The van der Waals surface area contributed by atoms with Gasteiger partial charge in [0.25, 0.3) is 0 Å². The monoisotopic (exact) mass is 204 g/mol. The van der Waals surface area contributed by atoms with E-state index in [0.29, 0.717) is 5.82 Å². The Hall–Kier alpha value is -1.41. The van der Waals surface area contributed by atoms with Gasteiger partial charge >= 0.3 is 0 Å². The van der Waals surface area contributed by atoms with E-state index in [4.69, 9.17) is 11.6 Å². The molecule has 1 atom stereocenters. The summed E-state index contributed by atoms with van der Waals surface area (Å²) in [6, 6.07) is 11.6. The molecule has 0 N–H and O–H groups in total. The second-order valence-corrected chi connectivity index (χ2v) is 3.32. The Balaban J connectivity index is 2.30. The SMILES string of the molecule is ClC(c1ccccc1)c1ncccn1. The summed E-state index contributed by atoms with van der Waals surface area (Å²) >= 11 is 6.21. The van der Waals surface area contributed by atoms with Gasteiger partial charge in [-0.15, -0.1) is 11.6 Å². The fraction of sp³-hybridized carbons (Fsp3) is 0.0909. The normalized spacial score (nSPS) is 12.4. The second kappa shape index (κ2) is 4.20. The van der Waals surface area contributed by atoms with Crippen molar-refractivity contribution in [1.29, 1.82) is 0 Å². The Bertz CT molecular complexity index is 349. The van der Waals surface area contributed by atoms with Crippen molar-refractivity contribution in [3.05, 3.63) is 60.2 Å². The highest BCUT2D eigenvalue weighted by Gasteiger charge is 2.11. The van der Waals surface area contributed by atoms with Crippen molar-refractivity contribution in [2.75, 3.05) is 0 Å². The minimum Gasteiger partial charge on any atom is -0.239 e. The molecular weight excluding hydrogens is 196 g/mol. The standard InChI is InChI=1S/C11H9ClN2/c12-10(9-5-2-1-3-6-9)11-13-7-4-8-14-11/h1-8,10H. The van der Waals surface area contributed by atoms with Crippen LogP contribution >= 0.6 is 11.6 Å². The lowest BCUT2D eigenvalue weighted by molar-refractivity contribution is 0.942. The van der Waals surface area contributed by atoms with Crippen LogP contribution in [0.4, 0.5) is 0 Å². The summed E-state index contributed by atoms with van der Waals surface area (Å²) in [4.78, 5) is 8.22. The van der Waals surface area contributed by atoms with Crippen LogP contribution in [0.3, 0.4) is 0 Å². The molecule has 2 rings (SSSR count). The van der Waals surface area contributed by atoms with Gasteiger partial charge in [0, 0.05) is 12.4 Å². The average Bonchev–Trinajstić information content (AvgIpc) is 2.30. The van der Waals surface area contributed by atoms with Crippen LogP contribution in [0.5, 0.6) is 0 Å². The third kappa shape index (κ3) is 1.91. The van der Waals surface area contributed by atoms with E-state index in [0.717, 1.165) is 5.56 Å². The molecule has 1 unspecified atom stereocenters. The maximum Gasteiger partial charge on any atom is 0.150 e. The molecule has 0 aliphatic carbocycles. The smallest absolute Gasteiger partial charge is 0.150 e. The van der Waals surface area contributed by atoms with Crippen LogP contribution in [0.15, 0.2) is 48.8 Å². The maximum atomic E-state index is 6.21. The van der Waals surface area contributed by atoms with Crippen LogP contribution in [-0.2, 0) is 0 Å². The maximum absolute atomic E-state index is 6.21. The molecular formula is C11H9ClN2. The van der Waals surface area contributed by atoms with Crippen LogP contribution in [0.1, 0.15) is 16.8 Å². The lowest BCUT2D eigenvalue weighted by Gasteiger charge is -2.06. The first kappa shape index (κ1) is 9.16. The molecule has 1 aromatic carbocycles. The first-order chi connectivity index (χ1) is 6.88. The topological polar surface area (TPSA) is 25.8 Å². The molecule has 70 valence electrons. The first-order valence-electron chi connectivity index (χ1n) is 4.34. The number of alkyl halides is 1. The minimum atomic E-state index is -0.266. The minimum absolute atomic E-state index is 0.266. The molecule has 0 aliphatic rings. The Morgan fingerprint density at radius 3 is 2.21 bits per heavy atom. The summed E-state index contributed by atoms with van der Waals surface area (Å²) in [6.07, 6.45) is 3.39. The summed E-state index contributed by atoms with van der Waals surface area (Å²) in [5.74, 6) is 0.639. The summed E-state index contributed by atoms with van der Waals surface area (Å²) < 4.78 is 0. The fourth-order valence-corrected chi connectivity index (χ4v) is 1.47. The number of hydrogen-bond acceptors (Lipinski definition) is 2. The van der Waals surface area contributed by atoms with Crippen LogP contribution in [0.2, 0.25) is 0 Å². The molecule has 0 amide bonds. The van der Waals surface area contributed by atoms with Crippen molar-refractivity contribution in [3.63, 3.8) is 0 Å². The first-order valence-corrected chi connectivity index (χ1v) is 4.77. The van der Waals surface area contributed by atoms with Gasteiger partial charge in [-0.25, -0.2) is 9.97 Å². The van der Waals surface area contributed by atoms with Gasteiger partial charge in [-0.3, -0.25) is 0 Å². The number of rotatable bonds is 2. The number of hydrogen-bond donors (Lipinski definition) is 0. The van der Waals surface area contributed by atoms with E-state index in [-0.39, 0.29) is 5.38 Å². The van der Waals surface area contributed by atoms with Crippen LogP contribution in [0, 0.1) is 0 Å². The van der Waals surface area contributed by atoms with Gasteiger partial charge in [-0.05, 0) is 11.6 Å². The highest BCUT2D eigenvalue weighted by atomic mass is 35.5. The summed E-state index contributed by atoms with van der Waals surface area (Å²) in [6.45, 7) is 0. The molecule has 0 fully saturated rings. The Morgan fingerprint density at radius 1 is 0.929 bits per heavy atom. The average molecular weight is 205 g/mol. The van der Waals surface area contributed by atoms with Gasteiger partial charge in [0.15, 0.2) is 0 Å². The van der Waals surface area contributed by atoms with Crippen molar-refractivity contribution >= 4 is 11.6 Å². The quantitative estimate of drug-likeness (QED) is 0.703. The molecule has 0 aliphatic heterocycles. The van der Waals surface area contributed by atoms with E-state index in [1.807, 2.05) is 30.3 Å². The number of aromatic nitrogens is 2. The number of benzene rings is 1. The number of nitrogens with zero attached hydrogens (tertiary/aromatic N) is 2. The molecule has 0 spiro atoms.